The van der Waals surface area contributed by atoms with Gasteiger partial charge < -0.3 is 10.1 Å². The van der Waals surface area contributed by atoms with Crippen LogP contribution in [0.3, 0.4) is 0 Å². The minimum absolute atomic E-state index is 0.0386. The molecule has 1 heterocycles. The van der Waals surface area contributed by atoms with E-state index in [1.54, 1.807) is 6.07 Å². The molecule has 86 valence electrons. The summed E-state index contributed by atoms with van der Waals surface area (Å²) in [6, 6.07) is 3.31. The minimum atomic E-state index is -0.864. The van der Waals surface area contributed by atoms with Crippen molar-refractivity contribution in [1.29, 1.82) is 0 Å². The van der Waals surface area contributed by atoms with E-state index >= 15 is 0 Å². The van der Waals surface area contributed by atoms with Crippen molar-refractivity contribution < 1.29 is 9.90 Å². The van der Waals surface area contributed by atoms with Crippen LogP contribution in [0.1, 0.15) is 30.1 Å². The molecule has 0 bridgehead atoms. The Kier molecular flexibility index (Phi) is 3.05. The van der Waals surface area contributed by atoms with Gasteiger partial charge >= 0.3 is 5.97 Å². The van der Waals surface area contributed by atoms with Gasteiger partial charge in [0.2, 0.25) is 5.56 Å². The molecule has 1 aliphatic carbocycles. The van der Waals surface area contributed by atoms with E-state index in [-0.39, 0.29) is 18.1 Å². The fraction of sp³-hybridized carbons (Fsp3) is 0.455. The van der Waals surface area contributed by atoms with Gasteiger partial charge in [0.1, 0.15) is 0 Å². The number of aryl methyl sites for hydroxylation is 1. The summed E-state index contributed by atoms with van der Waals surface area (Å²) in [4.78, 5) is 24.4. The fourth-order valence-electron chi connectivity index (χ4n) is 2.12. The first kappa shape index (κ1) is 10.9. The molecule has 1 aromatic rings. The van der Waals surface area contributed by atoms with Crippen LogP contribution in [0.4, 0.5) is 0 Å². The quantitative estimate of drug-likeness (QED) is 0.692. The molecule has 0 amide bonds. The second kappa shape index (κ2) is 4.49. The van der Waals surface area contributed by atoms with E-state index in [0.717, 1.165) is 30.5 Å². The van der Waals surface area contributed by atoms with Crippen molar-refractivity contribution in [3.05, 3.63) is 33.7 Å². The molecule has 1 aliphatic rings. The van der Waals surface area contributed by atoms with Crippen LogP contribution in [0.15, 0.2) is 16.9 Å². The lowest BCUT2D eigenvalue weighted by molar-refractivity contribution is -0.136. The molecular weight excluding hydrogens is 208 g/mol. The van der Waals surface area contributed by atoms with Gasteiger partial charge in [-0.25, -0.2) is 0 Å². The normalized spacial score (nSPS) is 19.1. The Morgan fingerprint density at radius 1 is 1.56 bits per heavy atom. The summed E-state index contributed by atoms with van der Waals surface area (Å²) < 4.78 is 0. The largest absolute Gasteiger partial charge is 0.480 e. The Labute approximate surface area is 92.5 Å². The topological polar surface area (TPSA) is 82.2 Å². The predicted octanol–water partition coefficient (Wildman–Crippen LogP) is 0.426. The summed E-state index contributed by atoms with van der Waals surface area (Å²) in [5.41, 5.74) is 1.85. The Balaban J connectivity index is 2.19. The predicted molar refractivity (Wildman–Crippen MR) is 58.4 cm³/mol. The molecule has 0 spiro atoms. The number of H-pyrrole nitrogens is 1. The van der Waals surface area contributed by atoms with Crippen molar-refractivity contribution in [1.82, 2.24) is 10.3 Å². The van der Waals surface area contributed by atoms with E-state index in [1.165, 1.54) is 6.07 Å². The third-order valence-electron chi connectivity index (χ3n) is 2.83. The van der Waals surface area contributed by atoms with Crippen molar-refractivity contribution in [3.63, 3.8) is 0 Å². The average Bonchev–Trinajstić information content (AvgIpc) is 2.25. The summed E-state index contributed by atoms with van der Waals surface area (Å²) in [5.74, 6) is -0.864. The van der Waals surface area contributed by atoms with E-state index in [9.17, 15) is 9.59 Å². The number of aromatic amines is 1. The zero-order valence-electron chi connectivity index (χ0n) is 8.82. The lowest BCUT2D eigenvalue weighted by Crippen LogP contribution is -2.31. The lowest BCUT2D eigenvalue weighted by Gasteiger charge is -2.25. The molecular formula is C11H14N2O3. The molecule has 0 aliphatic heterocycles. The van der Waals surface area contributed by atoms with Crippen LogP contribution in [-0.2, 0) is 11.2 Å². The van der Waals surface area contributed by atoms with Crippen LogP contribution in [0.5, 0.6) is 0 Å². The molecule has 0 saturated heterocycles. The molecule has 0 radical (unpaired) electrons. The standard InChI is InChI=1S/C11H14N2O3/c14-10-5-4-7-8(12-6-11(15)16)2-1-3-9(7)13-10/h4-5,8,12H,1-3,6H2,(H,13,14)(H,15,16). The zero-order chi connectivity index (χ0) is 11.5. The van der Waals surface area contributed by atoms with Gasteiger partial charge in [0.05, 0.1) is 6.54 Å². The highest BCUT2D eigenvalue weighted by molar-refractivity contribution is 5.69. The van der Waals surface area contributed by atoms with Crippen molar-refractivity contribution >= 4 is 5.97 Å². The second-order valence-electron chi connectivity index (χ2n) is 3.98. The third-order valence-corrected chi connectivity index (χ3v) is 2.83. The summed E-state index contributed by atoms with van der Waals surface area (Å²) in [6.45, 7) is -0.0523. The number of hydrogen-bond acceptors (Lipinski definition) is 3. The summed E-state index contributed by atoms with van der Waals surface area (Å²) in [7, 11) is 0. The van der Waals surface area contributed by atoms with Crippen LogP contribution in [0, 0.1) is 0 Å². The van der Waals surface area contributed by atoms with Crippen molar-refractivity contribution in [2.75, 3.05) is 6.54 Å². The Bertz CT molecular complexity index is 453. The molecule has 2 rings (SSSR count). The summed E-state index contributed by atoms with van der Waals surface area (Å²) in [6.07, 6.45) is 2.73. The summed E-state index contributed by atoms with van der Waals surface area (Å²) in [5, 5.41) is 11.6. The first-order chi connectivity index (χ1) is 7.66. The maximum absolute atomic E-state index is 11.1. The smallest absolute Gasteiger partial charge is 0.317 e. The Morgan fingerprint density at radius 2 is 2.38 bits per heavy atom. The first-order valence-corrected chi connectivity index (χ1v) is 5.34. The number of aliphatic carboxylic acids is 1. The monoisotopic (exact) mass is 222 g/mol. The fourth-order valence-corrected chi connectivity index (χ4v) is 2.12. The molecule has 0 aromatic carbocycles. The molecule has 0 fully saturated rings. The number of rotatable bonds is 3. The third kappa shape index (κ3) is 2.30. The van der Waals surface area contributed by atoms with Crippen molar-refractivity contribution in [2.24, 2.45) is 0 Å². The maximum Gasteiger partial charge on any atom is 0.317 e. The van der Waals surface area contributed by atoms with Crippen molar-refractivity contribution in [2.45, 2.75) is 25.3 Å². The molecule has 16 heavy (non-hydrogen) atoms. The van der Waals surface area contributed by atoms with Crippen LogP contribution in [-0.4, -0.2) is 22.6 Å². The molecule has 5 heteroatoms. The number of nitrogens with one attached hydrogen (secondary N) is 2. The highest BCUT2D eigenvalue weighted by Gasteiger charge is 2.20. The molecule has 1 aromatic heterocycles. The van der Waals surface area contributed by atoms with Gasteiger partial charge in [-0.15, -0.1) is 0 Å². The van der Waals surface area contributed by atoms with E-state index in [2.05, 4.69) is 10.3 Å². The number of fused-ring (bicyclic) bond motifs is 1. The number of aromatic nitrogens is 1. The number of carbonyl (C=O) groups is 1. The molecule has 1 atom stereocenters. The van der Waals surface area contributed by atoms with E-state index in [0.29, 0.717) is 0 Å². The van der Waals surface area contributed by atoms with Gasteiger partial charge in [-0.3, -0.25) is 14.9 Å². The highest BCUT2D eigenvalue weighted by Crippen LogP contribution is 2.27. The maximum atomic E-state index is 11.1. The number of pyridine rings is 1. The van der Waals surface area contributed by atoms with Crippen LogP contribution < -0.4 is 10.9 Å². The van der Waals surface area contributed by atoms with E-state index < -0.39 is 5.97 Å². The average molecular weight is 222 g/mol. The van der Waals surface area contributed by atoms with E-state index in [4.69, 9.17) is 5.11 Å². The van der Waals surface area contributed by atoms with Gasteiger partial charge in [0.25, 0.3) is 0 Å². The minimum Gasteiger partial charge on any atom is -0.480 e. The number of hydrogen-bond donors (Lipinski definition) is 3. The SMILES string of the molecule is O=C(O)CNC1CCCc2[nH]c(=O)ccc21. The zero-order valence-corrected chi connectivity index (χ0v) is 8.82. The molecule has 5 nitrogen and oxygen atoms in total. The number of carboxylic acids is 1. The van der Waals surface area contributed by atoms with Gasteiger partial charge in [-0.1, -0.05) is 6.07 Å². The van der Waals surface area contributed by atoms with Crippen LogP contribution >= 0.6 is 0 Å². The van der Waals surface area contributed by atoms with E-state index in [1.807, 2.05) is 0 Å². The highest BCUT2D eigenvalue weighted by atomic mass is 16.4. The lowest BCUT2D eigenvalue weighted by atomic mass is 9.91. The van der Waals surface area contributed by atoms with Crippen molar-refractivity contribution in [3.8, 4) is 0 Å². The Morgan fingerprint density at radius 3 is 3.12 bits per heavy atom. The number of carboxylic acid groups (broad SMARTS) is 1. The van der Waals surface area contributed by atoms with Gasteiger partial charge in [0.15, 0.2) is 0 Å². The van der Waals surface area contributed by atoms with Gasteiger partial charge in [-0.2, -0.15) is 0 Å². The Hall–Kier alpha value is -1.62. The van der Waals surface area contributed by atoms with Gasteiger partial charge in [-0.05, 0) is 24.8 Å². The van der Waals surface area contributed by atoms with Gasteiger partial charge in [0, 0.05) is 17.8 Å². The molecule has 1 unspecified atom stereocenters. The first-order valence-electron chi connectivity index (χ1n) is 5.34. The second-order valence-corrected chi connectivity index (χ2v) is 3.98. The van der Waals surface area contributed by atoms with Crippen LogP contribution in [0.25, 0.3) is 0 Å². The summed E-state index contributed by atoms with van der Waals surface area (Å²) >= 11 is 0. The molecule has 3 N–H and O–H groups in total. The molecule has 0 saturated carbocycles. The van der Waals surface area contributed by atoms with Crippen LogP contribution in [0.2, 0.25) is 0 Å².